The molecule has 0 aliphatic carbocycles. The lowest BCUT2D eigenvalue weighted by Crippen LogP contribution is -2.61. The third-order valence-corrected chi connectivity index (χ3v) is 4.18. The summed E-state index contributed by atoms with van der Waals surface area (Å²) in [7, 11) is 0. The first kappa shape index (κ1) is 17.9. The van der Waals surface area contributed by atoms with Gasteiger partial charge in [0.25, 0.3) is 5.91 Å². The van der Waals surface area contributed by atoms with Crippen molar-refractivity contribution in [2.24, 2.45) is 5.92 Å². The summed E-state index contributed by atoms with van der Waals surface area (Å²) in [5.74, 6) is -4.60. The quantitative estimate of drug-likeness (QED) is 0.786. The lowest BCUT2D eigenvalue weighted by atomic mass is 10.0. The van der Waals surface area contributed by atoms with Gasteiger partial charge in [0.2, 0.25) is 11.8 Å². The van der Waals surface area contributed by atoms with Crippen molar-refractivity contribution in [3.8, 4) is 0 Å². The maximum Gasteiger partial charge on any atom is 0.335 e. The van der Waals surface area contributed by atoms with Gasteiger partial charge in [0.15, 0.2) is 5.92 Å². The molecule has 1 aliphatic rings. The molecule has 1 unspecified atom stereocenters. The van der Waals surface area contributed by atoms with Gasteiger partial charge in [-0.05, 0) is 30.3 Å². The Morgan fingerprint density at radius 3 is 2.38 bits per heavy atom. The van der Waals surface area contributed by atoms with Crippen LogP contribution in [0.2, 0.25) is 10.0 Å². The zero-order chi connectivity index (χ0) is 18.8. The van der Waals surface area contributed by atoms with E-state index in [2.05, 4.69) is 5.32 Å². The molecule has 132 valence electrons. The topological polar surface area (TPSA) is 95.6 Å². The average molecular weight is 392 g/mol. The van der Waals surface area contributed by atoms with E-state index in [1.807, 2.05) is 5.32 Å². The highest BCUT2D eigenvalue weighted by molar-refractivity contribution is 6.38. The summed E-state index contributed by atoms with van der Waals surface area (Å²) >= 11 is 11.8. The Morgan fingerprint density at radius 2 is 1.73 bits per heavy atom. The number of imide groups is 2. The Bertz CT molecular complexity index is 917. The second-order valence-electron chi connectivity index (χ2n) is 5.35. The van der Waals surface area contributed by atoms with Gasteiger partial charge in [-0.25, -0.2) is 9.69 Å². The van der Waals surface area contributed by atoms with Gasteiger partial charge < -0.3 is 5.32 Å². The van der Waals surface area contributed by atoms with Crippen LogP contribution in [0.1, 0.15) is 0 Å². The van der Waals surface area contributed by atoms with E-state index in [-0.39, 0.29) is 16.4 Å². The number of carbonyl (C=O) groups excluding carboxylic acids is 4. The van der Waals surface area contributed by atoms with Gasteiger partial charge in [-0.3, -0.25) is 19.7 Å². The van der Waals surface area contributed by atoms with E-state index in [1.165, 1.54) is 30.3 Å². The highest BCUT2D eigenvalue weighted by Crippen LogP contribution is 2.27. The fourth-order valence-electron chi connectivity index (χ4n) is 2.42. The molecule has 2 N–H and O–H groups in total. The Kier molecular flexibility index (Phi) is 4.92. The van der Waals surface area contributed by atoms with Gasteiger partial charge in [0, 0.05) is 5.02 Å². The van der Waals surface area contributed by atoms with Crippen molar-refractivity contribution >= 4 is 58.3 Å². The van der Waals surface area contributed by atoms with Crippen molar-refractivity contribution in [2.45, 2.75) is 0 Å². The molecule has 0 bridgehead atoms. The molecule has 0 spiro atoms. The van der Waals surface area contributed by atoms with Gasteiger partial charge in [0.1, 0.15) is 0 Å². The van der Waals surface area contributed by atoms with E-state index in [1.54, 1.807) is 18.2 Å². The molecule has 2 aromatic carbocycles. The molecule has 3 rings (SSSR count). The molecule has 9 heteroatoms. The van der Waals surface area contributed by atoms with Crippen molar-refractivity contribution in [3.63, 3.8) is 0 Å². The van der Waals surface area contributed by atoms with Crippen LogP contribution >= 0.6 is 23.2 Å². The first-order valence-corrected chi connectivity index (χ1v) is 8.14. The van der Waals surface area contributed by atoms with Crippen molar-refractivity contribution in [2.75, 3.05) is 10.2 Å². The highest BCUT2D eigenvalue weighted by Gasteiger charge is 2.45. The van der Waals surface area contributed by atoms with Gasteiger partial charge >= 0.3 is 6.03 Å². The van der Waals surface area contributed by atoms with Gasteiger partial charge in [0.05, 0.1) is 16.4 Å². The summed E-state index contributed by atoms with van der Waals surface area (Å²) in [4.78, 5) is 50.0. The second-order valence-corrected chi connectivity index (χ2v) is 6.19. The normalized spacial score (nSPS) is 17.1. The summed E-state index contributed by atoms with van der Waals surface area (Å²) in [6, 6.07) is 11.4. The smallest absolute Gasteiger partial charge is 0.324 e. The Balaban J connectivity index is 1.88. The molecule has 2 aromatic rings. The number of halogens is 2. The van der Waals surface area contributed by atoms with E-state index in [4.69, 9.17) is 23.2 Å². The fourth-order valence-corrected chi connectivity index (χ4v) is 2.88. The number of anilines is 2. The summed E-state index contributed by atoms with van der Waals surface area (Å²) in [6.07, 6.45) is 0. The number of urea groups is 1. The molecule has 1 atom stereocenters. The molecule has 26 heavy (non-hydrogen) atoms. The van der Waals surface area contributed by atoms with E-state index in [0.717, 1.165) is 4.90 Å². The predicted molar refractivity (Wildman–Crippen MR) is 96.0 cm³/mol. The zero-order valence-corrected chi connectivity index (χ0v) is 14.5. The number of barbiturate groups is 1. The van der Waals surface area contributed by atoms with Crippen LogP contribution in [0.4, 0.5) is 16.2 Å². The van der Waals surface area contributed by atoms with Crippen LogP contribution in [0.3, 0.4) is 0 Å². The van der Waals surface area contributed by atoms with Crippen LogP contribution in [0.5, 0.6) is 0 Å². The first-order chi connectivity index (χ1) is 12.4. The number of nitrogens with one attached hydrogen (secondary N) is 2. The molecule has 5 amide bonds. The van der Waals surface area contributed by atoms with E-state index in [0.29, 0.717) is 5.02 Å². The average Bonchev–Trinajstić information content (AvgIpc) is 2.58. The summed E-state index contributed by atoms with van der Waals surface area (Å²) in [5, 5.41) is 4.92. The third-order valence-electron chi connectivity index (χ3n) is 3.63. The molecule has 1 heterocycles. The predicted octanol–water partition coefficient (Wildman–Crippen LogP) is 2.83. The van der Waals surface area contributed by atoms with E-state index >= 15 is 0 Å². The van der Waals surface area contributed by atoms with Crippen molar-refractivity contribution in [1.29, 1.82) is 0 Å². The summed E-state index contributed by atoms with van der Waals surface area (Å²) < 4.78 is 0. The fraction of sp³-hybridized carbons (Fsp3) is 0.0588. The highest BCUT2D eigenvalue weighted by atomic mass is 35.5. The number of amides is 5. The van der Waals surface area contributed by atoms with Gasteiger partial charge in [-0.2, -0.15) is 0 Å². The third kappa shape index (κ3) is 3.40. The molecule has 7 nitrogen and oxygen atoms in total. The maximum absolute atomic E-state index is 12.6. The summed E-state index contributed by atoms with van der Waals surface area (Å²) in [6.45, 7) is 0. The van der Waals surface area contributed by atoms with Crippen LogP contribution in [-0.2, 0) is 14.4 Å². The molecular formula is C17H11Cl2N3O4. The molecular weight excluding hydrogens is 381 g/mol. The Hall–Kier alpha value is -2.90. The molecule has 1 saturated heterocycles. The van der Waals surface area contributed by atoms with Crippen LogP contribution in [-0.4, -0.2) is 23.8 Å². The van der Waals surface area contributed by atoms with Crippen molar-refractivity contribution in [1.82, 2.24) is 5.32 Å². The van der Waals surface area contributed by atoms with E-state index < -0.39 is 29.7 Å². The van der Waals surface area contributed by atoms with Crippen molar-refractivity contribution < 1.29 is 19.2 Å². The van der Waals surface area contributed by atoms with Crippen LogP contribution in [0, 0.1) is 5.92 Å². The van der Waals surface area contributed by atoms with Gasteiger partial charge in [-0.1, -0.05) is 41.4 Å². The number of hydrogen-bond donors (Lipinski definition) is 2. The second kappa shape index (κ2) is 7.15. The standard InChI is InChI=1S/C17H11Cl2N3O4/c18-9-6-7-12(11(19)8-9)20-14(23)13-15(24)21-17(26)22(16(13)25)10-4-2-1-3-5-10/h1-8,13H,(H,20,23)(H,21,24,26). The zero-order valence-electron chi connectivity index (χ0n) is 13.0. The minimum atomic E-state index is -1.74. The molecule has 0 saturated carbocycles. The molecule has 0 aromatic heterocycles. The molecule has 1 aliphatic heterocycles. The number of nitrogens with zero attached hydrogens (tertiary/aromatic N) is 1. The lowest BCUT2D eigenvalue weighted by molar-refractivity contribution is -0.139. The minimum absolute atomic E-state index is 0.144. The lowest BCUT2D eigenvalue weighted by Gasteiger charge is -2.29. The monoisotopic (exact) mass is 391 g/mol. The van der Waals surface area contributed by atoms with Crippen LogP contribution in [0.15, 0.2) is 48.5 Å². The van der Waals surface area contributed by atoms with E-state index in [9.17, 15) is 19.2 Å². The maximum atomic E-state index is 12.6. The minimum Gasteiger partial charge on any atom is -0.324 e. The number of para-hydroxylation sites is 1. The molecule has 1 fully saturated rings. The summed E-state index contributed by atoms with van der Waals surface area (Å²) in [5.41, 5.74) is 0.426. The van der Waals surface area contributed by atoms with Gasteiger partial charge in [-0.15, -0.1) is 0 Å². The number of carbonyl (C=O) groups is 4. The first-order valence-electron chi connectivity index (χ1n) is 7.38. The number of rotatable bonds is 3. The molecule has 0 radical (unpaired) electrons. The Labute approximate surface area is 157 Å². The van der Waals surface area contributed by atoms with Crippen molar-refractivity contribution in [3.05, 3.63) is 58.6 Å². The number of benzene rings is 2. The van der Waals surface area contributed by atoms with Crippen LogP contribution in [0.25, 0.3) is 0 Å². The Morgan fingerprint density at radius 1 is 1.04 bits per heavy atom. The van der Waals surface area contributed by atoms with Crippen LogP contribution < -0.4 is 15.5 Å². The number of hydrogen-bond acceptors (Lipinski definition) is 4. The SMILES string of the molecule is O=C1NC(=O)N(c2ccccc2)C(=O)C1C(=O)Nc1ccc(Cl)cc1Cl. The largest absolute Gasteiger partial charge is 0.335 e.